The lowest BCUT2D eigenvalue weighted by atomic mass is 10.2. The van der Waals surface area contributed by atoms with Crippen LogP contribution in [0.2, 0.25) is 0 Å². The van der Waals surface area contributed by atoms with Gasteiger partial charge in [0.05, 0.1) is 31.4 Å². The lowest BCUT2D eigenvalue weighted by Crippen LogP contribution is -2.36. The van der Waals surface area contributed by atoms with E-state index in [1.165, 1.54) is 4.68 Å². The normalized spacial score (nSPS) is 14.3. The second-order valence-electron chi connectivity index (χ2n) is 7.13. The number of aromatic nitrogens is 2. The first-order valence-corrected chi connectivity index (χ1v) is 9.44. The molecule has 2 aromatic rings. The fraction of sp³-hybridized carbons (Fsp3) is 0.474. The van der Waals surface area contributed by atoms with Crippen molar-refractivity contribution in [2.75, 3.05) is 50.1 Å². The van der Waals surface area contributed by atoms with E-state index < -0.39 is 4.92 Å². The minimum absolute atomic E-state index is 0.0169. The van der Waals surface area contributed by atoms with Crippen molar-refractivity contribution in [3.8, 4) is 0 Å². The Kier molecular flexibility index (Phi) is 6.45. The van der Waals surface area contributed by atoms with Gasteiger partial charge in [-0.2, -0.15) is 5.10 Å². The highest BCUT2D eigenvalue weighted by molar-refractivity contribution is 5.92. The van der Waals surface area contributed by atoms with Crippen molar-refractivity contribution < 1.29 is 14.5 Å². The summed E-state index contributed by atoms with van der Waals surface area (Å²) < 4.78 is 6.90. The van der Waals surface area contributed by atoms with Crippen molar-refractivity contribution in [1.29, 1.82) is 0 Å². The molecule has 0 bridgehead atoms. The Morgan fingerprint density at radius 2 is 1.93 bits per heavy atom. The Bertz CT molecular complexity index is 874. The first-order valence-electron chi connectivity index (χ1n) is 9.44. The summed E-state index contributed by atoms with van der Waals surface area (Å²) in [6, 6.07) is 7.74. The SMILES string of the molecule is Cc1nn(CN(C)CC(=O)Nc2ccc(N3CCOCC3)cc2)c(C)c1[N+](=O)[O-]. The maximum Gasteiger partial charge on any atom is 0.312 e. The monoisotopic (exact) mass is 402 g/mol. The number of likely N-dealkylation sites (N-methyl/N-ethyl adjacent to an activating group) is 1. The molecule has 0 atom stereocenters. The summed E-state index contributed by atoms with van der Waals surface area (Å²) >= 11 is 0. The zero-order valence-electron chi connectivity index (χ0n) is 16.9. The molecule has 0 saturated carbocycles. The Labute approximate surface area is 169 Å². The van der Waals surface area contributed by atoms with Gasteiger partial charge in [-0.05, 0) is 45.2 Å². The maximum atomic E-state index is 12.3. The highest BCUT2D eigenvalue weighted by Crippen LogP contribution is 2.22. The summed E-state index contributed by atoms with van der Waals surface area (Å²) in [5.74, 6) is -0.164. The van der Waals surface area contributed by atoms with Gasteiger partial charge in [0, 0.05) is 24.5 Å². The van der Waals surface area contributed by atoms with Gasteiger partial charge in [0.1, 0.15) is 11.4 Å². The zero-order valence-corrected chi connectivity index (χ0v) is 16.9. The number of nitrogens with one attached hydrogen (secondary N) is 1. The molecule has 10 heteroatoms. The quantitative estimate of drug-likeness (QED) is 0.556. The van der Waals surface area contributed by atoms with Crippen LogP contribution >= 0.6 is 0 Å². The topological polar surface area (TPSA) is 106 Å². The number of morpholine rings is 1. The number of carbonyl (C=O) groups is 1. The van der Waals surface area contributed by atoms with E-state index in [0.717, 1.165) is 37.7 Å². The molecule has 29 heavy (non-hydrogen) atoms. The van der Waals surface area contributed by atoms with Crippen molar-refractivity contribution in [1.82, 2.24) is 14.7 Å². The van der Waals surface area contributed by atoms with Gasteiger partial charge in [-0.15, -0.1) is 0 Å². The highest BCUT2D eigenvalue weighted by Gasteiger charge is 2.22. The van der Waals surface area contributed by atoms with Gasteiger partial charge in [-0.3, -0.25) is 19.8 Å². The van der Waals surface area contributed by atoms with Gasteiger partial charge in [0.2, 0.25) is 5.91 Å². The third-order valence-electron chi connectivity index (χ3n) is 4.84. The van der Waals surface area contributed by atoms with Crippen molar-refractivity contribution in [3.05, 3.63) is 45.8 Å². The van der Waals surface area contributed by atoms with E-state index >= 15 is 0 Å². The van der Waals surface area contributed by atoms with Gasteiger partial charge >= 0.3 is 5.69 Å². The number of nitro groups is 1. The zero-order chi connectivity index (χ0) is 21.0. The van der Waals surface area contributed by atoms with Gasteiger partial charge in [-0.1, -0.05) is 0 Å². The van der Waals surface area contributed by atoms with Crippen molar-refractivity contribution in [3.63, 3.8) is 0 Å². The van der Waals surface area contributed by atoms with E-state index in [-0.39, 0.29) is 24.8 Å². The average molecular weight is 402 g/mol. The van der Waals surface area contributed by atoms with Gasteiger partial charge in [0.15, 0.2) is 0 Å². The first kappa shape index (κ1) is 20.7. The van der Waals surface area contributed by atoms with Gasteiger partial charge < -0.3 is 15.0 Å². The fourth-order valence-electron chi connectivity index (χ4n) is 3.39. The third kappa shape index (κ3) is 5.09. The van der Waals surface area contributed by atoms with Crippen LogP contribution in [-0.2, 0) is 16.2 Å². The Morgan fingerprint density at radius 3 is 2.52 bits per heavy atom. The summed E-state index contributed by atoms with van der Waals surface area (Å²) in [6.07, 6.45) is 0. The van der Waals surface area contributed by atoms with Crippen LogP contribution in [0.3, 0.4) is 0 Å². The van der Waals surface area contributed by atoms with Crippen molar-refractivity contribution in [2.24, 2.45) is 0 Å². The lowest BCUT2D eigenvalue weighted by Gasteiger charge is -2.28. The Balaban J connectivity index is 1.54. The number of anilines is 2. The molecule has 2 heterocycles. The largest absolute Gasteiger partial charge is 0.378 e. The number of hydrogen-bond acceptors (Lipinski definition) is 7. The van der Waals surface area contributed by atoms with E-state index in [1.807, 2.05) is 24.3 Å². The molecule has 1 aliphatic rings. The van der Waals surface area contributed by atoms with Crippen LogP contribution < -0.4 is 10.2 Å². The molecule has 1 saturated heterocycles. The second-order valence-corrected chi connectivity index (χ2v) is 7.13. The van der Waals surface area contributed by atoms with Gasteiger partial charge in [0.25, 0.3) is 0 Å². The molecule has 1 aromatic heterocycles. The first-order chi connectivity index (χ1) is 13.8. The number of aryl methyl sites for hydroxylation is 1. The Morgan fingerprint density at radius 1 is 1.28 bits per heavy atom. The molecule has 1 fully saturated rings. The number of hydrogen-bond donors (Lipinski definition) is 1. The average Bonchev–Trinajstić information content (AvgIpc) is 2.96. The predicted octanol–water partition coefficient (Wildman–Crippen LogP) is 1.77. The molecule has 0 spiro atoms. The summed E-state index contributed by atoms with van der Waals surface area (Å²) in [5.41, 5.74) is 2.68. The summed E-state index contributed by atoms with van der Waals surface area (Å²) in [6.45, 7) is 6.85. The molecule has 10 nitrogen and oxygen atoms in total. The molecular weight excluding hydrogens is 376 g/mol. The molecule has 0 unspecified atom stereocenters. The van der Waals surface area contributed by atoms with E-state index in [0.29, 0.717) is 11.4 Å². The fourth-order valence-corrected chi connectivity index (χ4v) is 3.39. The van der Waals surface area contributed by atoms with Crippen molar-refractivity contribution in [2.45, 2.75) is 20.5 Å². The van der Waals surface area contributed by atoms with E-state index in [1.54, 1.807) is 25.8 Å². The van der Waals surface area contributed by atoms with Crippen LogP contribution in [0.25, 0.3) is 0 Å². The lowest BCUT2D eigenvalue weighted by molar-refractivity contribution is -0.386. The number of nitrogens with zero attached hydrogens (tertiary/aromatic N) is 5. The standard InChI is InChI=1S/C19H26N6O4/c1-14-19(25(27)28)15(2)24(21-14)13-22(3)12-18(26)20-16-4-6-17(7-5-16)23-8-10-29-11-9-23/h4-7H,8-13H2,1-3H3,(H,20,26). The van der Waals surface area contributed by atoms with Crippen LogP contribution in [0.1, 0.15) is 11.4 Å². The van der Waals surface area contributed by atoms with Crippen LogP contribution in [0.4, 0.5) is 17.1 Å². The molecule has 0 radical (unpaired) electrons. The number of ether oxygens (including phenoxy) is 1. The van der Waals surface area contributed by atoms with Crippen LogP contribution in [0.5, 0.6) is 0 Å². The minimum Gasteiger partial charge on any atom is -0.378 e. The van der Waals surface area contributed by atoms with Crippen molar-refractivity contribution >= 4 is 23.0 Å². The molecule has 3 rings (SSSR count). The van der Waals surface area contributed by atoms with E-state index in [4.69, 9.17) is 4.74 Å². The second kappa shape index (κ2) is 9.01. The van der Waals surface area contributed by atoms with Crippen LogP contribution in [0, 0.1) is 24.0 Å². The third-order valence-corrected chi connectivity index (χ3v) is 4.84. The summed E-state index contributed by atoms with van der Waals surface area (Å²) in [4.78, 5) is 27.0. The summed E-state index contributed by atoms with van der Waals surface area (Å²) in [7, 11) is 1.77. The number of carbonyl (C=O) groups excluding carboxylic acids is 1. The number of amides is 1. The summed E-state index contributed by atoms with van der Waals surface area (Å²) in [5, 5.41) is 18.2. The number of rotatable bonds is 7. The van der Waals surface area contributed by atoms with Crippen LogP contribution in [-0.4, -0.2) is 65.4 Å². The molecule has 156 valence electrons. The Hall–Kier alpha value is -2.98. The maximum absolute atomic E-state index is 12.3. The number of benzene rings is 1. The molecule has 1 aliphatic heterocycles. The molecular formula is C19H26N6O4. The van der Waals surface area contributed by atoms with E-state index in [2.05, 4.69) is 15.3 Å². The minimum atomic E-state index is -0.429. The molecule has 1 aromatic carbocycles. The molecule has 0 aliphatic carbocycles. The molecule has 1 N–H and O–H groups in total. The van der Waals surface area contributed by atoms with E-state index in [9.17, 15) is 14.9 Å². The predicted molar refractivity (Wildman–Crippen MR) is 109 cm³/mol. The smallest absolute Gasteiger partial charge is 0.312 e. The van der Waals surface area contributed by atoms with Crippen LogP contribution in [0.15, 0.2) is 24.3 Å². The van der Waals surface area contributed by atoms with Gasteiger partial charge in [-0.25, -0.2) is 4.68 Å². The molecule has 1 amide bonds. The highest BCUT2D eigenvalue weighted by atomic mass is 16.6.